The van der Waals surface area contributed by atoms with Gasteiger partial charge in [0.2, 0.25) is 5.75 Å². The van der Waals surface area contributed by atoms with Gasteiger partial charge in [-0.3, -0.25) is 10.1 Å². The Balaban J connectivity index is 1.93. The summed E-state index contributed by atoms with van der Waals surface area (Å²) in [5, 5.41) is 11.4. The average molecular weight is 529 g/mol. The molecule has 3 aromatic carbocycles. The second-order valence-electron chi connectivity index (χ2n) is 7.39. The summed E-state index contributed by atoms with van der Waals surface area (Å²) in [6.45, 7) is 0. The van der Waals surface area contributed by atoms with Crippen LogP contribution in [-0.2, 0) is 0 Å². The van der Waals surface area contributed by atoms with Crippen molar-refractivity contribution >= 4 is 35.5 Å². The fourth-order valence-corrected chi connectivity index (χ4v) is 4.22. The van der Waals surface area contributed by atoms with Gasteiger partial charge in [0.1, 0.15) is 0 Å². The molecule has 0 spiro atoms. The SMILES string of the molecule is COc1ccc(SNc2cc(/C=C\c3cc(OC)c(OC)c(OC)c3)cc(OC)c2OC)cc1[N+](=O)[O-]. The van der Waals surface area contributed by atoms with Crippen molar-refractivity contribution in [3.8, 4) is 34.5 Å². The van der Waals surface area contributed by atoms with E-state index in [1.54, 1.807) is 40.6 Å². The van der Waals surface area contributed by atoms with Crippen LogP contribution in [0.4, 0.5) is 11.4 Å². The van der Waals surface area contributed by atoms with Crippen LogP contribution in [0.25, 0.3) is 12.2 Å². The summed E-state index contributed by atoms with van der Waals surface area (Å²) >= 11 is 1.19. The average Bonchev–Trinajstić information content (AvgIpc) is 2.93. The molecule has 0 aliphatic heterocycles. The highest BCUT2D eigenvalue weighted by molar-refractivity contribution is 8.00. The van der Waals surface area contributed by atoms with Crippen molar-refractivity contribution in [1.82, 2.24) is 0 Å². The van der Waals surface area contributed by atoms with Gasteiger partial charge in [-0.2, -0.15) is 0 Å². The van der Waals surface area contributed by atoms with Crippen LogP contribution in [-0.4, -0.2) is 47.6 Å². The van der Waals surface area contributed by atoms with Crippen molar-refractivity contribution in [3.05, 3.63) is 63.7 Å². The topological polar surface area (TPSA) is 111 Å². The molecule has 0 atom stereocenters. The molecular formula is C26H28N2O8S. The maximum absolute atomic E-state index is 11.4. The predicted octanol–water partition coefficient (Wildman–Crippen LogP) is 5.94. The van der Waals surface area contributed by atoms with Crippen molar-refractivity contribution in [2.45, 2.75) is 4.90 Å². The van der Waals surface area contributed by atoms with Crippen LogP contribution in [0.1, 0.15) is 11.1 Å². The minimum atomic E-state index is -0.485. The van der Waals surface area contributed by atoms with E-state index >= 15 is 0 Å². The molecule has 3 rings (SSSR count). The van der Waals surface area contributed by atoms with E-state index in [0.717, 1.165) is 11.1 Å². The highest BCUT2D eigenvalue weighted by Crippen LogP contribution is 2.41. The quantitative estimate of drug-likeness (QED) is 0.131. The maximum atomic E-state index is 11.4. The molecule has 196 valence electrons. The molecule has 0 amide bonds. The summed E-state index contributed by atoms with van der Waals surface area (Å²) in [5.74, 6) is 2.78. The van der Waals surface area contributed by atoms with Gasteiger partial charge in [0, 0.05) is 11.0 Å². The zero-order chi connectivity index (χ0) is 26.9. The molecule has 0 bridgehead atoms. The molecule has 1 N–H and O–H groups in total. The second-order valence-corrected chi connectivity index (χ2v) is 8.27. The Morgan fingerprint density at radius 2 is 1.22 bits per heavy atom. The normalized spacial score (nSPS) is 10.6. The lowest BCUT2D eigenvalue weighted by molar-refractivity contribution is -0.386. The molecule has 0 aliphatic rings. The van der Waals surface area contributed by atoms with Crippen molar-refractivity contribution in [1.29, 1.82) is 0 Å². The van der Waals surface area contributed by atoms with Crippen molar-refractivity contribution in [2.75, 3.05) is 47.4 Å². The summed E-state index contributed by atoms with van der Waals surface area (Å²) in [5.41, 5.74) is 2.14. The van der Waals surface area contributed by atoms with Crippen LogP contribution < -0.4 is 33.1 Å². The molecule has 0 aliphatic carbocycles. The number of nitro groups is 1. The van der Waals surface area contributed by atoms with Gasteiger partial charge in [0.15, 0.2) is 28.7 Å². The summed E-state index contributed by atoms with van der Waals surface area (Å²) in [4.78, 5) is 11.5. The minimum Gasteiger partial charge on any atom is -0.493 e. The van der Waals surface area contributed by atoms with E-state index in [0.29, 0.717) is 39.3 Å². The Labute approximate surface area is 219 Å². The molecule has 0 heterocycles. The van der Waals surface area contributed by atoms with Crippen LogP contribution in [0.5, 0.6) is 34.5 Å². The molecule has 10 nitrogen and oxygen atoms in total. The molecule has 11 heteroatoms. The number of nitro benzene ring substituents is 1. The van der Waals surface area contributed by atoms with E-state index in [2.05, 4.69) is 4.72 Å². The Morgan fingerprint density at radius 3 is 1.70 bits per heavy atom. The third kappa shape index (κ3) is 6.31. The van der Waals surface area contributed by atoms with Crippen LogP contribution in [0.3, 0.4) is 0 Å². The summed E-state index contributed by atoms with van der Waals surface area (Å²) < 4.78 is 35.6. The van der Waals surface area contributed by atoms with E-state index < -0.39 is 4.92 Å². The first-order chi connectivity index (χ1) is 17.9. The third-order valence-corrected chi connectivity index (χ3v) is 6.09. The standard InChI is InChI=1S/C26H28N2O8S/c1-31-21-10-9-18(15-20(21)28(29)30)37-27-19-11-16(12-22(32-2)25(19)35-5)7-8-17-13-23(33-3)26(36-6)24(14-17)34-4/h7-15,27H,1-6H3/b8-7-. The van der Waals surface area contributed by atoms with Gasteiger partial charge in [-0.15, -0.1) is 0 Å². The molecule has 0 saturated heterocycles. The number of benzene rings is 3. The molecular weight excluding hydrogens is 500 g/mol. The maximum Gasteiger partial charge on any atom is 0.312 e. The monoisotopic (exact) mass is 528 g/mol. The van der Waals surface area contributed by atoms with E-state index in [4.69, 9.17) is 28.4 Å². The lowest BCUT2D eigenvalue weighted by Gasteiger charge is -2.15. The van der Waals surface area contributed by atoms with E-state index in [1.807, 2.05) is 36.4 Å². The number of nitrogens with zero attached hydrogens (tertiary/aromatic N) is 1. The molecule has 0 fully saturated rings. The summed E-state index contributed by atoms with van der Waals surface area (Å²) in [6.07, 6.45) is 3.80. The van der Waals surface area contributed by atoms with Crippen LogP contribution in [0, 0.1) is 10.1 Å². The molecule has 0 unspecified atom stereocenters. The number of rotatable bonds is 12. The first-order valence-corrected chi connectivity index (χ1v) is 11.7. The predicted molar refractivity (Wildman–Crippen MR) is 144 cm³/mol. The first-order valence-electron chi connectivity index (χ1n) is 10.9. The van der Waals surface area contributed by atoms with E-state index in [9.17, 15) is 10.1 Å². The highest BCUT2D eigenvalue weighted by Gasteiger charge is 2.17. The number of hydrogen-bond acceptors (Lipinski definition) is 10. The van der Waals surface area contributed by atoms with Gasteiger partial charge in [-0.05, 0) is 59.5 Å². The van der Waals surface area contributed by atoms with Gasteiger partial charge in [0.05, 0.1) is 53.3 Å². The lowest BCUT2D eigenvalue weighted by atomic mass is 10.1. The largest absolute Gasteiger partial charge is 0.493 e. The first kappa shape index (κ1) is 27.3. The number of nitrogens with one attached hydrogen (secondary N) is 1. The molecule has 37 heavy (non-hydrogen) atoms. The fraction of sp³-hybridized carbons (Fsp3) is 0.231. The Morgan fingerprint density at radius 1 is 0.703 bits per heavy atom. The van der Waals surface area contributed by atoms with Crippen molar-refractivity contribution in [3.63, 3.8) is 0 Å². The Bertz CT molecular complexity index is 1270. The number of hydrogen-bond donors (Lipinski definition) is 1. The summed E-state index contributed by atoms with van der Waals surface area (Å²) in [6, 6.07) is 12.1. The van der Waals surface area contributed by atoms with Crippen LogP contribution in [0.2, 0.25) is 0 Å². The number of anilines is 1. The second kappa shape index (κ2) is 12.6. The van der Waals surface area contributed by atoms with Gasteiger partial charge in [-0.25, -0.2) is 0 Å². The van der Waals surface area contributed by atoms with Gasteiger partial charge < -0.3 is 33.1 Å². The number of ether oxygens (including phenoxy) is 6. The van der Waals surface area contributed by atoms with E-state index in [1.165, 1.54) is 32.2 Å². The lowest BCUT2D eigenvalue weighted by Crippen LogP contribution is -1.98. The minimum absolute atomic E-state index is 0.124. The highest BCUT2D eigenvalue weighted by atomic mass is 32.2. The third-order valence-electron chi connectivity index (χ3n) is 5.28. The fourth-order valence-electron chi connectivity index (χ4n) is 3.54. The van der Waals surface area contributed by atoms with Gasteiger partial charge in [-0.1, -0.05) is 12.2 Å². The molecule has 0 saturated carbocycles. The zero-order valence-electron chi connectivity index (χ0n) is 21.3. The zero-order valence-corrected chi connectivity index (χ0v) is 22.1. The van der Waals surface area contributed by atoms with Gasteiger partial charge in [0.25, 0.3) is 0 Å². The van der Waals surface area contributed by atoms with Crippen LogP contribution >= 0.6 is 11.9 Å². The van der Waals surface area contributed by atoms with Crippen molar-refractivity contribution in [2.24, 2.45) is 0 Å². The molecule has 0 aromatic heterocycles. The van der Waals surface area contributed by atoms with E-state index in [-0.39, 0.29) is 11.4 Å². The molecule has 3 aromatic rings. The van der Waals surface area contributed by atoms with Crippen LogP contribution in [0.15, 0.2) is 47.4 Å². The molecule has 0 radical (unpaired) electrons. The summed E-state index contributed by atoms with van der Waals surface area (Å²) in [7, 11) is 9.15. The number of methoxy groups -OCH3 is 6. The van der Waals surface area contributed by atoms with Crippen molar-refractivity contribution < 1.29 is 33.3 Å². The smallest absolute Gasteiger partial charge is 0.312 e. The van der Waals surface area contributed by atoms with Gasteiger partial charge >= 0.3 is 5.69 Å². The Hall–Kier alpha value is -4.25. The Kier molecular flexibility index (Phi) is 9.33.